The summed E-state index contributed by atoms with van der Waals surface area (Å²) in [7, 11) is 0. The van der Waals surface area contributed by atoms with Gasteiger partial charge in [-0.1, -0.05) is 11.7 Å². The molecule has 4 aliphatic rings. The Balaban J connectivity index is 1.75. The molecule has 0 amide bonds. The maximum atomic E-state index is 5.65. The first kappa shape index (κ1) is 9.21. The third-order valence-corrected chi connectivity index (χ3v) is 3.82. The van der Waals surface area contributed by atoms with Crippen molar-refractivity contribution in [3.8, 4) is 0 Å². The Hall–Kier alpha value is -1.03. The van der Waals surface area contributed by atoms with Crippen LogP contribution in [0, 0.1) is 5.92 Å². The Morgan fingerprint density at radius 3 is 2.93 bits per heavy atom. The van der Waals surface area contributed by atoms with Crippen LogP contribution in [0.3, 0.4) is 0 Å². The molecule has 0 N–H and O–H groups in total. The molecule has 0 saturated carbocycles. The molecule has 0 aromatic heterocycles. The van der Waals surface area contributed by atoms with E-state index < -0.39 is 0 Å². The third kappa shape index (κ3) is 1.35. The lowest BCUT2D eigenvalue weighted by molar-refractivity contribution is -0.136. The van der Waals surface area contributed by atoms with E-state index in [-0.39, 0.29) is 5.60 Å². The fraction of sp³-hybridized carbons (Fsp3) is 0.727. The second-order valence-electron chi connectivity index (χ2n) is 4.65. The Kier molecular flexibility index (Phi) is 1.99. The van der Waals surface area contributed by atoms with Crippen molar-refractivity contribution in [1.82, 2.24) is 4.90 Å². The van der Waals surface area contributed by atoms with Gasteiger partial charge in [0.2, 0.25) is 5.90 Å². The number of hydrogen-bond donors (Lipinski definition) is 0. The van der Waals surface area contributed by atoms with Crippen LogP contribution < -0.4 is 0 Å². The molecule has 1 atom stereocenters. The third-order valence-electron chi connectivity index (χ3n) is 3.82. The molecule has 1 unspecified atom stereocenters. The van der Waals surface area contributed by atoms with Crippen LogP contribution in [-0.4, -0.2) is 36.0 Å². The highest BCUT2D eigenvalue weighted by atomic mass is 16.7. The van der Waals surface area contributed by atoms with Crippen LogP contribution in [0.2, 0.25) is 0 Å². The minimum atomic E-state index is -0.0884. The van der Waals surface area contributed by atoms with Crippen LogP contribution >= 0.6 is 0 Å². The second-order valence-corrected chi connectivity index (χ2v) is 4.65. The molecule has 4 heteroatoms. The maximum absolute atomic E-state index is 5.65. The number of rotatable bonds is 1. The first-order valence-corrected chi connectivity index (χ1v) is 5.57. The summed E-state index contributed by atoms with van der Waals surface area (Å²) in [5.74, 6) is 1.33. The molecule has 0 aliphatic carbocycles. The topological polar surface area (TPSA) is 34.1 Å². The maximum Gasteiger partial charge on any atom is 0.234 e. The molecule has 0 aromatic rings. The van der Waals surface area contributed by atoms with Gasteiger partial charge in [0, 0.05) is 12.5 Å². The van der Waals surface area contributed by atoms with E-state index >= 15 is 0 Å². The minimum absolute atomic E-state index is 0.0884. The molecule has 0 aromatic carbocycles. The second kappa shape index (κ2) is 3.23. The largest absolute Gasteiger partial charge is 0.448 e. The quantitative estimate of drug-likeness (QED) is 0.610. The summed E-state index contributed by atoms with van der Waals surface area (Å²) in [6.45, 7) is 6.97. The van der Waals surface area contributed by atoms with Gasteiger partial charge < -0.3 is 9.57 Å². The van der Waals surface area contributed by atoms with Crippen molar-refractivity contribution in [3.63, 3.8) is 0 Å². The number of oxime groups is 1. The van der Waals surface area contributed by atoms with Crippen LogP contribution in [-0.2, 0) is 9.57 Å². The highest BCUT2D eigenvalue weighted by Crippen LogP contribution is 2.43. The van der Waals surface area contributed by atoms with Crippen molar-refractivity contribution in [1.29, 1.82) is 0 Å². The van der Waals surface area contributed by atoms with Crippen molar-refractivity contribution in [2.75, 3.05) is 19.6 Å². The molecule has 0 radical (unpaired) electrons. The fourth-order valence-electron chi connectivity index (χ4n) is 3.05. The molecule has 4 rings (SSSR count). The van der Waals surface area contributed by atoms with Gasteiger partial charge >= 0.3 is 0 Å². The van der Waals surface area contributed by atoms with Crippen molar-refractivity contribution in [3.05, 3.63) is 12.8 Å². The summed E-state index contributed by atoms with van der Waals surface area (Å²) >= 11 is 0. The van der Waals surface area contributed by atoms with Gasteiger partial charge in [-0.3, -0.25) is 4.90 Å². The van der Waals surface area contributed by atoms with E-state index in [9.17, 15) is 0 Å². The van der Waals surface area contributed by atoms with Crippen molar-refractivity contribution in [2.45, 2.75) is 24.9 Å². The normalized spacial score (nSPS) is 42.5. The van der Waals surface area contributed by atoms with Crippen molar-refractivity contribution in [2.24, 2.45) is 11.1 Å². The molecule has 1 spiro atoms. The van der Waals surface area contributed by atoms with Crippen molar-refractivity contribution >= 4 is 5.90 Å². The molecule has 82 valence electrons. The average Bonchev–Trinajstić information content (AvgIpc) is 2.64. The van der Waals surface area contributed by atoms with E-state index in [0.29, 0.717) is 11.8 Å². The zero-order chi connectivity index (χ0) is 10.3. The van der Waals surface area contributed by atoms with Gasteiger partial charge in [0.05, 0.1) is 12.7 Å². The van der Waals surface area contributed by atoms with Gasteiger partial charge in [0.25, 0.3) is 0 Å². The van der Waals surface area contributed by atoms with Gasteiger partial charge in [0.15, 0.2) is 5.60 Å². The SMILES string of the molecule is C=COC1=NOC2(C1)CN1CCC2CC1. The van der Waals surface area contributed by atoms with Gasteiger partial charge in [0.1, 0.15) is 0 Å². The Labute approximate surface area is 89.5 Å². The molecule has 4 aliphatic heterocycles. The monoisotopic (exact) mass is 208 g/mol. The zero-order valence-corrected chi connectivity index (χ0v) is 8.82. The molecule has 2 bridgehead atoms. The van der Waals surface area contributed by atoms with E-state index in [4.69, 9.17) is 9.57 Å². The standard InChI is InChI=1S/C11H16N2O2/c1-2-14-10-7-11(15-12-10)8-13-5-3-9(11)4-6-13/h2,9H,1,3-8H2. The van der Waals surface area contributed by atoms with E-state index in [1.807, 2.05) is 0 Å². The van der Waals surface area contributed by atoms with Gasteiger partial charge in [-0.15, -0.1) is 0 Å². The minimum Gasteiger partial charge on any atom is -0.448 e. The number of hydrogen-bond acceptors (Lipinski definition) is 4. The Morgan fingerprint density at radius 1 is 1.53 bits per heavy atom. The Morgan fingerprint density at radius 2 is 2.33 bits per heavy atom. The first-order valence-electron chi connectivity index (χ1n) is 5.57. The summed E-state index contributed by atoms with van der Waals surface area (Å²) in [5.41, 5.74) is -0.0884. The average molecular weight is 208 g/mol. The van der Waals surface area contributed by atoms with Gasteiger partial charge in [-0.05, 0) is 25.9 Å². The van der Waals surface area contributed by atoms with Crippen LogP contribution in [0.15, 0.2) is 18.0 Å². The first-order chi connectivity index (χ1) is 7.32. The number of nitrogens with zero attached hydrogens (tertiary/aromatic N) is 2. The highest BCUT2D eigenvalue weighted by Gasteiger charge is 2.52. The van der Waals surface area contributed by atoms with Gasteiger partial charge in [-0.25, -0.2) is 0 Å². The molecule has 3 saturated heterocycles. The molecule has 4 nitrogen and oxygen atoms in total. The number of fused-ring (bicyclic) bond motifs is 2. The van der Waals surface area contributed by atoms with Crippen LogP contribution in [0.1, 0.15) is 19.3 Å². The van der Waals surface area contributed by atoms with Crippen molar-refractivity contribution < 1.29 is 9.57 Å². The fourth-order valence-corrected chi connectivity index (χ4v) is 3.05. The summed E-state index contributed by atoms with van der Waals surface area (Å²) in [6, 6.07) is 0. The van der Waals surface area contributed by atoms with Crippen LogP contribution in [0.4, 0.5) is 0 Å². The van der Waals surface area contributed by atoms with E-state index in [1.165, 1.54) is 32.2 Å². The lowest BCUT2D eigenvalue weighted by atomic mass is 9.74. The van der Waals surface area contributed by atoms with Gasteiger partial charge in [-0.2, -0.15) is 0 Å². The molecule has 15 heavy (non-hydrogen) atoms. The van der Waals surface area contributed by atoms with Crippen LogP contribution in [0.5, 0.6) is 0 Å². The van der Waals surface area contributed by atoms with Crippen LogP contribution in [0.25, 0.3) is 0 Å². The number of piperidine rings is 3. The lowest BCUT2D eigenvalue weighted by Gasteiger charge is -2.49. The van der Waals surface area contributed by atoms with E-state index in [2.05, 4.69) is 16.6 Å². The summed E-state index contributed by atoms with van der Waals surface area (Å²) in [4.78, 5) is 8.12. The number of ether oxygens (including phenoxy) is 1. The highest BCUT2D eigenvalue weighted by molar-refractivity contribution is 5.78. The van der Waals surface area contributed by atoms with E-state index in [0.717, 1.165) is 13.0 Å². The summed E-state index contributed by atoms with van der Waals surface area (Å²) in [6.07, 6.45) is 4.69. The lowest BCUT2D eigenvalue weighted by Crippen LogP contribution is -2.59. The molecule has 3 fully saturated rings. The predicted molar refractivity (Wildman–Crippen MR) is 56.3 cm³/mol. The molecular formula is C11H16N2O2. The Bertz CT molecular complexity index is 308. The summed E-state index contributed by atoms with van der Waals surface area (Å²) in [5, 5.41) is 4.02. The summed E-state index contributed by atoms with van der Waals surface area (Å²) < 4.78 is 5.21. The van der Waals surface area contributed by atoms with E-state index in [1.54, 1.807) is 0 Å². The molecule has 4 heterocycles. The smallest absolute Gasteiger partial charge is 0.234 e. The predicted octanol–water partition coefficient (Wildman–Crippen LogP) is 1.34. The zero-order valence-electron chi connectivity index (χ0n) is 8.82. The molecular weight excluding hydrogens is 192 g/mol.